The summed E-state index contributed by atoms with van der Waals surface area (Å²) in [4.78, 5) is 16.4. The zero-order chi connectivity index (χ0) is 14.1. The van der Waals surface area contributed by atoms with Gasteiger partial charge in [0.05, 0.1) is 5.02 Å². The molecule has 0 aliphatic carbocycles. The smallest absolute Gasteiger partial charge is 0.267 e. The molecule has 0 bridgehead atoms. The van der Waals surface area contributed by atoms with Crippen molar-refractivity contribution in [2.24, 2.45) is 0 Å². The molecule has 0 fully saturated rings. The third kappa shape index (κ3) is 2.37. The average molecular weight is 307 g/mol. The molecule has 0 atom stereocenters. The fourth-order valence-electron chi connectivity index (χ4n) is 1.81. The van der Waals surface area contributed by atoms with Crippen LogP contribution >= 0.6 is 22.9 Å². The minimum Gasteiger partial charge on any atom is -0.321 e. The summed E-state index contributed by atoms with van der Waals surface area (Å²) in [6.45, 7) is 0. The minimum atomic E-state index is -0.350. The van der Waals surface area contributed by atoms with Gasteiger partial charge in [0.25, 0.3) is 5.91 Å². The molecule has 3 rings (SSSR count). The molecule has 20 heavy (non-hydrogen) atoms. The normalized spacial score (nSPS) is 10.7. The molecule has 0 aliphatic heterocycles. The topological polar surface area (TPSA) is 42.0 Å². The number of hydrogen-bond acceptors (Lipinski definition) is 3. The standard InChI is InChI=1S/C14H8ClFN2OS/c15-12-10-2-1-8(16)7-11(10)20-13(12)14(19)18-9-3-5-17-6-4-9/h1-7H,(H,17,18,19). The molecule has 100 valence electrons. The van der Waals surface area contributed by atoms with E-state index in [2.05, 4.69) is 10.3 Å². The first-order valence-corrected chi connectivity index (χ1v) is 6.93. The molecule has 0 saturated carbocycles. The van der Waals surface area contributed by atoms with Gasteiger partial charge >= 0.3 is 0 Å². The lowest BCUT2D eigenvalue weighted by molar-refractivity contribution is 0.103. The van der Waals surface area contributed by atoms with Crippen LogP contribution < -0.4 is 5.32 Å². The van der Waals surface area contributed by atoms with Gasteiger partial charge in [0, 0.05) is 28.2 Å². The summed E-state index contributed by atoms with van der Waals surface area (Å²) < 4.78 is 13.8. The zero-order valence-corrected chi connectivity index (χ0v) is 11.6. The molecule has 0 unspecified atom stereocenters. The van der Waals surface area contributed by atoms with Gasteiger partial charge < -0.3 is 5.32 Å². The highest BCUT2D eigenvalue weighted by Crippen LogP contribution is 2.36. The Kier molecular flexibility index (Phi) is 3.38. The Labute approximate surface area is 123 Å². The van der Waals surface area contributed by atoms with E-state index in [1.165, 1.54) is 23.5 Å². The van der Waals surface area contributed by atoms with Crippen molar-refractivity contribution in [3.05, 3.63) is 58.4 Å². The Hall–Kier alpha value is -1.98. The Balaban J connectivity index is 1.97. The molecule has 0 saturated heterocycles. The first kappa shape index (κ1) is 13.0. The monoisotopic (exact) mass is 306 g/mol. The van der Waals surface area contributed by atoms with Crippen molar-refractivity contribution in [3.63, 3.8) is 0 Å². The van der Waals surface area contributed by atoms with Gasteiger partial charge in [-0.2, -0.15) is 0 Å². The molecule has 1 N–H and O–H groups in total. The van der Waals surface area contributed by atoms with Gasteiger partial charge in [-0.15, -0.1) is 11.3 Å². The number of anilines is 1. The first-order chi connectivity index (χ1) is 9.65. The largest absolute Gasteiger partial charge is 0.321 e. The number of benzene rings is 1. The Morgan fingerprint density at radius 1 is 1.25 bits per heavy atom. The van der Waals surface area contributed by atoms with Crippen molar-refractivity contribution in [1.29, 1.82) is 0 Å². The molecule has 1 aromatic carbocycles. The fourth-order valence-corrected chi connectivity index (χ4v) is 3.25. The minimum absolute atomic E-state index is 0.317. The third-order valence-electron chi connectivity index (χ3n) is 2.74. The van der Waals surface area contributed by atoms with Crippen LogP contribution in [0, 0.1) is 5.82 Å². The van der Waals surface area contributed by atoms with E-state index in [0.29, 0.717) is 25.7 Å². The highest BCUT2D eigenvalue weighted by molar-refractivity contribution is 7.21. The number of hydrogen-bond donors (Lipinski definition) is 1. The molecular weight excluding hydrogens is 299 g/mol. The average Bonchev–Trinajstić information content (AvgIpc) is 2.76. The van der Waals surface area contributed by atoms with Gasteiger partial charge in [-0.25, -0.2) is 4.39 Å². The van der Waals surface area contributed by atoms with Gasteiger partial charge in [0.2, 0.25) is 0 Å². The summed E-state index contributed by atoms with van der Waals surface area (Å²) in [6.07, 6.45) is 3.16. The molecule has 6 heteroatoms. The van der Waals surface area contributed by atoms with Crippen LogP contribution in [0.4, 0.5) is 10.1 Å². The van der Waals surface area contributed by atoms with Crippen LogP contribution in [-0.2, 0) is 0 Å². The van der Waals surface area contributed by atoms with E-state index < -0.39 is 0 Å². The summed E-state index contributed by atoms with van der Waals surface area (Å²) in [5, 5.41) is 3.75. The number of nitrogens with one attached hydrogen (secondary N) is 1. The van der Waals surface area contributed by atoms with Crippen molar-refractivity contribution in [1.82, 2.24) is 4.98 Å². The van der Waals surface area contributed by atoms with Crippen LogP contribution in [0.1, 0.15) is 9.67 Å². The molecule has 1 amide bonds. The summed E-state index contributed by atoms with van der Waals surface area (Å²) in [5.41, 5.74) is 0.629. The van der Waals surface area contributed by atoms with Crippen LogP contribution in [0.15, 0.2) is 42.7 Å². The number of fused-ring (bicyclic) bond motifs is 1. The van der Waals surface area contributed by atoms with Gasteiger partial charge in [-0.1, -0.05) is 11.6 Å². The maximum atomic E-state index is 13.2. The molecule has 0 aliphatic rings. The maximum Gasteiger partial charge on any atom is 0.267 e. The lowest BCUT2D eigenvalue weighted by Crippen LogP contribution is -2.10. The van der Waals surface area contributed by atoms with E-state index in [1.54, 1.807) is 30.6 Å². The van der Waals surface area contributed by atoms with E-state index in [4.69, 9.17) is 11.6 Å². The van der Waals surface area contributed by atoms with Crippen LogP contribution in [0.3, 0.4) is 0 Å². The number of thiophene rings is 1. The second kappa shape index (κ2) is 5.19. The molecule has 0 spiro atoms. The predicted molar refractivity (Wildman–Crippen MR) is 79.0 cm³/mol. The molecule has 3 nitrogen and oxygen atoms in total. The van der Waals surface area contributed by atoms with Crippen molar-refractivity contribution in [2.45, 2.75) is 0 Å². The summed E-state index contributed by atoms with van der Waals surface area (Å²) >= 11 is 7.35. The Bertz CT molecular complexity index is 788. The number of carbonyl (C=O) groups excluding carboxylic acids is 1. The van der Waals surface area contributed by atoms with Crippen molar-refractivity contribution in [2.75, 3.05) is 5.32 Å². The van der Waals surface area contributed by atoms with Crippen molar-refractivity contribution >= 4 is 44.6 Å². The fraction of sp³-hybridized carbons (Fsp3) is 0. The van der Waals surface area contributed by atoms with E-state index in [1.807, 2.05) is 0 Å². The second-order valence-corrected chi connectivity index (χ2v) is 5.51. The number of rotatable bonds is 2. The lowest BCUT2D eigenvalue weighted by Gasteiger charge is -2.02. The highest BCUT2D eigenvalue weighted by atomic mass is 35.5. The quantitative estimate of drug-likeness (QED) is 0.765. The van der Waals surface area contributed by atoms with Crippen LogP contribution in [0.5, 0.6) is 0 Å². The number of pyridine rings is 1. The van der Waals surface area contributed by atoms with Crippen LogP contribution in [0.2, 0.25) is 5.02 Å². The first-order valence-electron chi connectivity index (χ1n) is 5.74. The van der Waals surface area contributed by atoms with Gasteiger partial charge in [0.15, 0.2) is 0 Å². The lowest BCUT2D eigenvalue weighted by atomic mass is 10.2. The SMILES string of the molecule is O=C(Nc1ccncc1)c1sc2cc(F)ccc2c1Cl. The van der Waals surface area contributed by atoms with Gasteiger partial charge in [-0.05, 0) is 30.3 Å². The van der Waals surface area contributed by atoms with E-state index in [-0.39, 0.29) is 11.7 Å². The second-order valence-electron chi connectivity index (χ2n) is 4.08. The van der Waals surface area contributed by atoms with Crippen LogP contribution in [-0.4, -0.2) is 10.9 Å². The number of nitrogens with zero attached hydrogens (tertiary/aromatic N) is 1. The zero-order valence-electron chi connectivity index (χ0n) is 10.1. The molecule has 3 aromatic rings. The van der Waals surface area contributed by atoms with E-state index in [0.717, 1.165) is 0 Å². The number of carbonyl (C=O) groups is 1. The number of aromatic nitrogens is 1. The number of halogens is 2. The highest BCUT2D eigenvalue weighted by Gasteiger charge is 2.17. The van der Waals surface area contributed by atoms with E-state index in [9.17, 15) is 9.18 Å². The maximum absolute atomic E-state index is 13.2. The molecule has 2 heterocycles. The Morgan fingerprint density at radius 3 is 2.75 bits per heavy atom. The van der Waals surface area contributed by atoms with E-state index >= 15 is 0 Å². The Morgan fingerprint density at radius 2 is 2.00 bits per heavy atom. The molecule has 2 aromatic heterocycles. The van der Waals surface area contributed by atoms with Gasteiger partial charge in [0.1, 0.15) is 10.7 Å². The predicted octanol–water partition coefficient (Wildman–Crippen LogP) is 4.34. The number of amides is 1. The molecule has 0 radical (unpaired) electrons. The summed E-state index contributed by atoms with van der Waals surface area (Å²) in [7, 11) is 0. The third-order valence-corrected chi connectivity index (χ3v) is 4.39. The van der Waals surface area contributed by atoms with Gasteiger partial charge in [-0.3, -0.25) is 9.78 Å². The summed E-state index contributed by atoms with van der Waals surface area (Å²) in [6, 6.07) is 7.63. The van der Waals surface area contributed by atoms with Crippen LogP contribution in [0.25, 0.3) is 10.1 Å². The van der Waals surface area contributed by atoms with Crippen molar-refractivity contribution < 1.29 is 9.18 Å². The molecular formula is C14H8ClFN2OS. The summed E-state index contributed by atoms with van der Waals surface area (Å²) in [5.74, 6) is -0.667. The van der Waals surface area contributed by atoms with Crippen molar-refractivity contribution in [3.8, 4) is 0 Å².